The zero-order chi connectivity index (χ0) is 22.2. The van der Waals surface area contributed by atoms with E-state index in [-0.39, 0.29) is 6.04 Å². The highest BCUT2D eigenvalue weighted by atomic mass is 16.5. The molecule has 2 saturated heterocycles. The first-order valence-electron chi connectivity index (χ1n) is 11.5. The van der Waals surface area contributed by atoms with Crippen LogP contribution in [0.15, 0.2) is 30.5 Å². The van der Waals surface area contributed by atoms with Gasteiger partial charge in [0.05, 0.1) is 31.0 Å². The number of aromatic nitrogens is 3. The van der Waals surface area contributed by atoms with Gasteiger partial charge < -0.3 is 15.0 Å². The van der Waals surface area contributed by atoms with Gasteiger partial charge in [-0.05, 0) is 44.9 Å². The fourth-order valence-electron chi connectivity index (χ4n) is 4.99. The second kappa shape index (κ2) is 8.64. The molecule has 2 fully saturated rings. The summed E-state index contributed by atoms with van der Waals surface area (Å²) in [6, 6.07) is 9.32. The number of rotatable bonds is 4. The number of hydrogen-bond donors (Lipinski definition) is 1. The first-order valence-corrected chi connectivity index (χ1v) is 11.5. The van der Waals surface area contributed by atoms with Gasteiger partial charge in [-0.15, -0.1) is 5.10 Å². The van der Waals surface area contributed by atoms with Gasteiger partial charge in [0.2, 0.25) is 0 Å². The first-order chi connectivity index (χ1) is 15.5. The highest BCUT2D eigenvalue weighted by Crippen LogP contribution is 2.30. The minimum absolute atomic E-state index is 0.121. The molecule has 4 heterocycles. The maximum absolute atomic E-state index is 5.71. The molecule has 32 heavy (non-hydrogen) atoms. The number of aryl methyl sites for hydroxylation is 3. The number of anilines is 2. The molecule has 1 N–H and O–H groups in total. The van der Waals surface area contributed by atoms with Gasteiger partial charge >= 0.3 is 0 Å². The highest BCUT2D eigenvalue weighted by Gasteiger charge is 2.30. The van der Waals surface area contributed by atoms with Crippen molar-refractivity contribution in [3.63, 3.8) is 0 Å². The first kappa shape index (κ1) is 21.1. The van der Waals surface area contributed by atoms with Crippen LogP contribution < -0.4 is 10.2 Å². The number of nitrogens with zero attached hydrogens (tertiary/aromatic N) is 5. The van der Waals surface area contributed by atoms with Crippen molar-refractivity contribution in [1.82, 2.24) is 20.1 Å². The lowest BCUT2D eigenvalue weighted by atomic mass is 10.00. The predicted octanol–water partition coefficient (Wildman–Crippen LogP) is 3.64. The Balaban J connectivity index is 1.45. The zero-order valence-corrected chi connectivity index (χ0v) is 19.4. The van der Waals surface area contributed by atoms with Gasteiger partial charge in [-0.3, -0.25) is 4.90 Å². The Morgan fingerprint density at radius 3 is 2.78 bits per heavy atom. The maximum atomic E-state index is 5.71. The minimum Gasteiger partial charge on any atom is -0.378 e. The van der Waals surface area contributed by atoms with E-state index in [0.717, 1.165) is 67.5 Å². The molecule has 0 radical (unpaired) electrons. The molecule has 0 saturated carbocycles. The summed E-state index contributed by atoms with van der Waals surface area (Å²) in [6.45, 7) is 14.1. The van der Waals surface area contributed by atoms with Gasteiger partial charge in [-0.2, -0.15) is 5.10 Å². The van der Waals surface area contributed by atoms with Crippen LogP contribution in [0.5, 0.6) is 0 Å². The van der Waals surface area contributed by atoms with Crippen LogP contribution in [0.1, 0.15) is 35.3 Å². The third-order valence-electron chi connectivity index (χ3n) is 6.84. The van der Waals surface area contributed by atoms with Crippen molar-refractivity contribution in [3.8, 4) is 0 Å². The average Bonchev–Trinajstić information content (AvgIpc) is 2.80. The van der Waals surface area contributed by atoms with Crippen LogP contribution in [-0.4, -0.2) is 65.5 Å². The molecular formula is C25H32N6O. The Hall–Kier alpha value is -2.77. The summed E-state index contributed by atoms with van der Waals surface area (Å²) in [5.41, 5.74) is 4.73. The lowest BCUT2D eigenvalue weighted by Gasteiger charge is -2.44. The van der Waals surface area contributed by atoms with E-state index >= 15 is 0 Å². The van der Waals surface area contributed by atoms with Gasteiger partial charge in [0.15, 0.2) is 5.82 Å². The van der Waals surface area contributed by atoms with Crippen LogP contribution in [0, 0.1) is 20.8 Å². The molecule has 2 aliphatic heterocycles. The molecule has 0 unspecified atom stereocenters. The Bertz CT molecular complexity index is 1130. The van der Waals surface area contributed by atoms with E-state index in [4.69, 9.17) is 9.72 Å². The highest BCUT2D eigenvalue weighted by molar-refractivity contribution is 5.94. The summed E-state index contributed by atoms with van der Waals surface area (Å²) in [4.78, 5) is 9.72. The summed E-state index contributed by atoms with van der Waals surface area (Å²) in [6.07, 6.45) is 1.95. The van der Waals surface area contributed by atoms with Crippen LogP contribution in [0.2, 0.25) is 0 Å². The number of fused-ring (bicyclic) bond motifs is 2. The molecule has 7 heteroatoms. The Kier molecular flexibility index (Phi) is 5.69. The summed E-state index contributed by atoms with van der Waals surface area (Å²) in [5, 5.41) is 14.7. The van der Waals surface area contributed by atoms with Crippen molar-refractivity contribution < 1.29 is 4.74 Å². The lowest BCUT2D eigenvalue weighted by Crippen LogP contribution is -2.58. The van der Waals surface area contributed by atoms with Crippen molar-refractivity contribution in [2.45, 2.75) is 39.8 Å². The molecule has 2 aliphatic rings. The molecule has 5 rings (SSSR count). The zero-order valence-electron chi connectivity index (χ0n) is 19.4. The van der Waals surface area contributed by atoms with E-state index in [2.05, 4.69) is 70.4 Å². The summed E-state index contributed by atoms with van der Waals surface area (Å²) < 4.78 is 5.71. The van der Waals surface area contributed by atoms with Crippen molar-refractivity contribution >= 4 is 22.4 Å². The average molecular weight is 433 g/mol. The van der Waals surface area contributed by atoms with Gasteiger partial charge in [-0.25, -0.2) is 4.98 Å². The van der Waals surface area contributed by atoms with Crippen LogP contribution in [0.4, 0.5) is 11.6 Å². The lowest BCUT2D eigenvalue weighted by molar-refractivity contribution is -0.0117. The van der Waals surface area contributed by atoms with Gasteiger partial charge in [0, 0.05) is 43.1 Å². The van der Waals surface area contributed by atoms with E-state index in [1.54, 1.807) is 0 Å². The van der Waals surface area contributed by atoms with E-state index in [1.807, 2.05) is 13.1 Å². The molecule has 3 aromatic rings. The van der Waals surface area contributed by atoms with Crippen molar-refractivity contribution in [3.05, 3.63) is 52.8 Å². The van der Waals surface area contributed by atoms with Crippen molar-refractivity contribution in [2.75, 3.05) is 49.6 Å². The number of hydrogen-bond acceptors (Lipinski definition) is 7. The van der Waals surface area contributed by atoms with E-state index in [9.17, 15) is 0 Å². The van der Waals surface area contributed by atoms with Crippen LogP contribution >= 0.6 is 0 Å². The van der Waals surface area contributed by atoms with Crippen LogP contribution in [0.25, 0.3) is 10.8 Å². The third kappa shape index (κ3) is 4.02. The summed E-state index contributed by atoms with van der Waals surface area (Å²) in [7, 11) is 0. The number of nitrogens with one attached hydrogen (secondary N) is 1. The largest absolute Gasteiger partial charge is 0.378 e. The Morgan fingerprint density at radius 2 is 1.94 bits per heavy atom. The molecule has 168 valence electrons. The van der Waals surface area contributed by atoms with Crippen LogP contribution in [0.3, 0.4) is 0 Å². The molecule has 0 amide bonds. The number of ether oxygens (including phenoxy) is 1. The van der Waals surface area contributed by atoms with E-state index < -0.39 is 0 Å². The summed E-state index contributed by atoms with van der Waals surface area (Å²) in [5.74, 6) is 1.80. The molecule has 2 aromatic heterocycles. The normalized spacial score (nSPS) is 20.2. The van der Waals surface area contributed by atoms with E-state index in [0.29, 0.717) is 6.04 Å². The fourth-order valence-corrected chi connectivity index (χ4v) is 4.99. The monoisotopic (exact) mass is 432 g/mol. The number of benzene rings is 1. The van der Waals surface area contributed by atoms with Crippen molar-refractivity contribution in [1.29, 1.82) is 0 Å². The molecule has 0 bridgehead atoms. The topological polar surface area (TPSA) is 66.4 Å². The van der Waals surface area contributed by atoms with Crippen molar-refractivity contribution in [2.24, 2.45) is 0 Å². The Labute approximate surface area is 189 Å². The predicted molar refractivity (Wildman–Crippen MR) is 128 cm³/mol. The van der Waals surface area contributed by atoms with Gasteiger partial charge in [0.1, 0.15) is 5.82 Å². The number of morpholine rings is 1. The van der Waals surface area contributed by atoms with Gasteiger partial charge in [-0.1, -0.05) is 23.8 Å². The molecule has 2 atom stereocenters. The molecular weight excluding hydrogens is 400 g/mol. The molecule has 0 spiro atoms. The van der Waals surface area contributed by atoms with E-state index in [1.165, 1.54) is 16.7 Å². The quantitative estimate of drug-likeness (QED) is 0.675. The maximum Gasteiger partial charge on any atom is 0.157 e. The third-order valence-corrected chi connectivity index (χ3v) is 6.84. The van der Waals surface area contributed by atoms with Gasteiger partial charge in [0.25, 0.3) is 0 Å². The second-order valence-electron chi connectivity index (χ2n) is 9.16. The number of piperazine rings is 1. The molecule has 0 aliphatic carbocycles. The number of pyridine rings is 1. The molecule has 7 nitrogen and oxygen atoms in total. The SMILES string of the molecule is Cc1ccc([C@@H](C)Nc2nnc(C)c3cnc(N4CCN5CCOC[C@@H]5C4)cc23)c(C)c1. The minimum atomic E-state index is 0.121. The summed E-state index contributed by atoms with van der Waals surface area (Å²) >= 11 is 0. The fraction of sp³-hybridized carbons (Fsp3) is 0.480. The smallest absolute Gasteiger partial charge is 0.157 e. The van der Waals surface area contributed by atoms with Crippen LogP contribution in [-0.2, 0) is 4.74 Å². The second-order valence-corrected chi connectivity index (χ2v) is 9.16. The molecule has 1 aromatic carbocycles. The Morgan fingerprint density at radius 1 is 1.06 bits per heavy atom. The standard InChI is InChI=1S/C25H32N6O/c1-16-5-6-21(17(2)11-16)18(3)27-25-22-12-24(26-13-23(22)19(4)28-29-25)31-8-7-30-9-10-32-15-20(30)14-31/h5-6,11-13,18,20H,7-10,14-15H2,1-4H3,(H,27,29)/t18-,20+/m1/s1.